The van der Waals surface area contributed by atoms with E-state index in [1.54, 1.807) is 37.4 Å². The van der Waals surface area contributed by atoms with E-state index in [1.807, 2.05) is 12.1 Å². The maximum Gasteiger partial charge on any atom is 0.244 e. The maximum atomic E-state index is 12.0. The van der Waals surface area contributed by atoms with Gasteiger partial charge in [0.25, 0.3) is 0 Å². The SMILES string of the molecule is COc1ccccc1C1=NN(C(C)=O)[C@@H](c2cccc(OC)c2O)O1. The first kappa shape index (κ1) is 16.6. The van der Waals surface area contributed by atoms with Crippen LogP contribution in [0, 0.1) is 0 Å². The Labute approximate surface area is 145 Å². The van der Waals surface area contributed by atoms with E-state index in [4.69, 9.17) is 14.2 Å². The lowest BCUT2D eigenvalue weighted by atomic mass is 10.1. The lowest BCUT2D eigenvalue weighted by Gasteiger charge is -2.21. The molecule has 1 N–H and O–H groups in total. The molecule has 0 bridgehead atoms. The van der Waals surface area contributed by atoms with Crippen molar-refractivity contribution in [1.29, 1.82) is 0 Å². The summed E-state index contributed by atoms with van der Waals surface area (Å²) in [5, 5.41) is 15.8. The first-order chi connectivity index (χ1) is 12.1. The second-order valence-corrected chi connectivity index (χ2v) is 5.34. The summed E-state index contributed by atoms with van der Waals surface area (Å²) < 4.78 is 16.3. The Hall–Kier alpha value is -3.22. The van der Waals surface area contributed by atoms with E-state index in [1.165, 1.54) is 19.0 Å². The summed E-state index contributed by atoms with van der Waals surface area (Å²) in [4.78, 5) is 12.0. The molecule has 2 aromatic rings. The van der Waals surface area contributed by atoms with Gasteiger partial charge in [-0.15, -0.1) is 5.10 Å². The van der Waals surface area contributed by atoms with Crippen LogP contribution in [0.3, 0.4) is 0 Å². The van der Waals surface area contributed by atoms with Gasteiger partial charge in [0, 0.05) is 6.92 Å². The fourth-order valence-corrected chi connectivity index (χ4v) is 2.60. The van der Waals surface area contributed by atoms with Crippen molar-refractivity contribution < 1.29 is 24.1 Å². The highest BCUT2D eigenvalue weighted by Gasteiger charge is 2.36. The highest BCUT2D eigenvalue weighted by atomic mass is 16.5. The van der Waals surface area contributed by atoms with Gasteiger partial charge < -0.3 is 19.3 Å². The molecule has 1 amide bonds. The molecule has 0 saturated carbocycles. The number of methoxy groups -OCH3 is 2. The summed E-state index contributed by atoms with van der Waals surface area (Å²) in [5.41, 5.74) is 0.990. The van der Waals surface area contributed by atoms with Gasteiger partial charge in [-0.2, -0.15) is 5.01 Å². The molecule has 1 heterocycles. The summed E-state index contributed by atoms with van der Waals surface area (Å²) in [6.07, 6.45) is -0.896. The van der Waals surface area contributed by atoms with Crippen LogP contribution in [-0.4, -0.2) is 36.1 Å². The molecule has 0 unspecified atom stereocenters. The molecule has 1 atom stereocenters. The minimum atomic E-state index is -0.896. The lowest BCUT2D eigenvalue weighted by molar-refractivity contribution is -0.135. The number of hydrogen-bond acceptors (Lipinski definition) is 6. The van der Waals surface area contributed by atoms with Crippen LogP contribution in [0.25, 0.3) is 0 Å². The average Bonchev–Trinajstić information content (AvgIpc) is 3.07. The van der Waals surface area contributed by atoms with Crippen molar-refractivity contribution in [2.24, 2.45) is 5.10 Å². The normalized spacial score (nSPS) is 16.2. The van der Waals surface area contributed by atoms with Crippen LogP contribution >= 0.6 is 0 Å². The number of amides is 1. The second kappa shape index (κ2) is 6.72. The van der Waals surface area contributed by atoms with Crippen LogP contribution in [0.1, 0.15) is 24.3 Å². The smallest absolute Gasteiger partial charge is 0.244 e. The molecule has 0 saturated heterocycles. The quantitative estimate of drug-likeness (QED) is 0.924. The number of ether oxygens (including phenoxy) is 3. The Bertz CT molecular complexity index is 834. The lowest BCUT2D eigenvalue weighted by Crippen LogP contribution is -2.25. The van der Waals surface area contributed by atoms with Gasteiger partial charge in [-0.05, 0) is 24.3 Å². The highest BCUT2D eigenvalue weighted by molar-refractivity contribution is 5.98. The first-order valence-corrected chi connectivity index (χ1v) is 7.61. The number of para-hydroxylation sites is 2. The number of hydrogen-bond donors (Lipinski definition) is 1. The number of benzene rings is 2. The van der Waals surface area contributed by atoms with Crippen molar-refractivity contribution in [1.82, 2.24) is 5.01 Å². The van der Waals surface area contributed by atoms with Crippen molar-refractivity contribution >= 4 is 11.8 Å². The van der Waals surface area contributed by atoms with E-state index in [9.17, 15) is 9.90 Å². The zero-order valence-corrected chi connectivity index (χ0v) is 14.1. The van der Waals surface area contributed by atoms with Gasteiger partial charge in [-0.3, -0.25) is 4.79 Å². The maximum absolute atomic E-state index is 12.0. The van der Waals surface area contributed by atoms with Gasteiger partial charge in [0.1, 0.15) is 5.75 Å². The van der Waals surface area contributed by atoms with Crippen LogP contribution in [0.2, 0.25) is 0 Å². The van der Waals surface area contributed by atoms with Gasteiger partial charge in [-0.25, -0.2) is 0 Å². The number of nitrogens with zero attached hydrogens (tertiary/aromatic N) is 2. The standard InChI is InChI=1S/C18H18N2O5/c1-11(21)20-18(13-8-6-10-15(24-3)16(13)22)25-17(19-20)12-7-4-5-9-14(12)23-2/h4-10,18,22H,1-3H3/t18-/m1/s1. The third-order valence-corrected chi connectivity index (χ3v) is 3.82. The van der Waals surface area contributed by atoms with Crippen LogP contribution in [0.15, 0.2) is 47.6 Å². The fourth-order valence-electron chi connectivity index (χ4n) is 2.60. The molecule has 0 spiro atoms. The zero-order valence-electron chi connectivity index (χ0n) is 14.1. The molecular weight excluding hydrogens is 324 g/mol. The van der Waals surface area contributed by atoms with E-state index in [-0.39, 0.29) is 23.3 Å². The molecule has 0 radical (unpaired) electrons. The molecule has 1 aliphatic heterocycles. The minimum absolute atomic E-state index is 0.0993. The van der Waals surface area contributed by atoms with E-state index >= 15 is 0 Å². The molecule has 2 aromatic carbocycles. The number of aromatic hydroxyl groups is 1. The Morgan fingerprint density at radius 3 is 2.48 bits per heavy atom. The summed E-state index contributed by atoms with van der Waals surface area (Å²) in [7, 11) is 3.00. The number of phenols is 1. The van der Waals surface area contributed by atoms with Crippen molar-refractivity contribution in [3.05, 3.63) is 53.6 Å². The van der Waals surface area contributed by atoms with Crippen LogP contribution < -0.4 is 9.47 Å². The van der Waals surface area contributed by atoms with Crippen LogP contribution in [0.5, 0.6) is 17.2 Å². The van der Waals surface area contributed by atoms with Crippen molar-refractivity contribution in [3.63, 3.8) is 0 Å². The van der Waals surface area contributed by atoms with Crippen molar-refractivity contribution in [3.8, 4) is 17.2 Å². The molecule has 130 valence electrons. The Balaban J connectivity index is 2.03. The van der Waals surface area contributed by atoms with Crippen LogP contribution in [-0.2, 0) is 9.53 Å². The van der Waals surface area contributed by atoms with Gasteiger partial charge in [0.2, 0.25) is 18.0 Å². The van der Waals surface area contributed by atoms with Gasteiger partial charge in [-0.1, -0.05) is 18.2 Å². The van der Waals surface area contributed by atoms with Crippen LogP contribution in [0.4, 0.5) is 0 Å². The van der Waals surface area contributed by atoms with Crippen molar-refractivity contribution in [2.45, 2.75) is 13.2 Å². The highest BCUT2D eigenvalue weighted by Crippen LogP contribution is 2.40. The number of rotatable bonds is 4. The molecule has 1 aliphatic rings. The average molecular weight is 342 g/mol. The Morgan fingerprint density at radius 2 is 1.80 bits per heavy atom. The molecule has 7 heteroatoms. The summed E-state index contributed by atoms with van der Waals surface area (Å²) in [6.45, 7) is 1.38. The van der Waals surface area contributed by atoms with Gasteiger partial charge in [0.05, 0.1) is 25.3 Å². The monoisotopic (exact) mass is 342 g/mol. The summed E-state index contributed by atoms with van der Waals surface area (Å²) in [5.74, 6) is 0.672. The molecule has 0 fully saturated rings. The topological polar surface area (TPSA) is 80.6 Å². The Kier molecular flexibility index (Phi) is 4.47. The molecule has 7 nitrogen and oxygen atoms in total. The number of hydrazone groups is 1. The Morgan fingerprint density at radius 1 is 1.12 bits per heavy atom. The summed E-state index contributed by atoms with van der Waals surface area (Å²) >= 11 is 0. The van der Waals surface area contributed by atoms with Crippen molar-refractivity contribution in [2.75, 3.05) is 14.2 Å². The molecule has 0 aromatic heterocycles. The third-order valence-electron chi connectivity index (χ3n) is 3.82. The van der Waals surface area contributed by atoms with E-state index in [0.29, 0.717) is 16.9 Å². The van der Waals surface area contributed by atoms with E-state index in [0.717, 1.165) is 0 Å². The molecule has 0 aliphatic carbocycles. The number of phenolic OH excluding ortho intramolecular Hbond substituents is 1. The predicted molar refractivity (Wildman–Crippen MR) is 90.5 cm³/mol. The molecule has 25 heavy (non-hydrogen) atoms. The van der Waals surface area contributed by atoms with E-state index in [2.05, 4.69) is 5.10 Å². The summed E-state index contributed by atoms with van der Waals surface area (Å²) in [6, 6.07) is 12.2. The third kappa shape index (κ3) is 2.96. The van der Waals surface area contributed by atoms with Gasteiger partial charge >= 0.3 is 0 Å². The predicted octanol–water partition coefficient (Wildman–Crippen LogP) is 2.65. The second-order valence-electron chi connectivity index (χ2n) is 5.34. The van der Waals surface area contributed by atoms with Gasteiger partial charge in [0.15, 0.2) is 11.5 Å². The molecule has 3 rings (SSSR count). The fraction of sp³-hybridized carbons (Fsp3) is 0.222. The zero-order chi connectivity index (χ0) is 18.0. The minimum Gasteiger partial charge on any atom is -0.504 e. The first-order valence-electron chi connectivity index (χ1n) is 7.61. The number of carbonyl (C=O) groups excluding carboxylic acids is 1. The largest absolute Gasteiger partial charge is 0.504 e. The molecular formula is C18H18N2O5. The number of carbonyl (C=O) groups is 1. The van der Waals surface area contributed by atoms with E-state index < -0.39 is 6.23 Å².